The molecule has 0 bridgehead atoms. The van der Waals surface area contributed by atoms with Crippen LogP contribution in [0.2, 0.25) is 0 Å². The van der Waals surface area contributed by atoms with Gasteiger partial charge in [0.05, 0.1) is 29.7 Å². The van der Waals surface area contributed by atoms with Crippen molar-refractivity contribution in [2.24, 2.45) is 5.92 Å². The van der Waals surface area contributed by atoms with Crippen LogP contribution in [0.3, 0.4) is 0 Å². The number of aliphatic hydroxyl groups excluding tert-OH is 1. The third-order valence-corrected chi connectivity index (χ3v) is 7.32. The van der Waals surface area contributed by atoms with Crippen LogP contribution < -0.4 is 0 Å². The molecular formula is C26H27N3O. The van der Waals surface area contributed by atoms with Crippen molar-refractivity contribution in [3.8, 4) is 0 Å². The number of pyridine rings is 2. The number of aliphatic hydroxyl groups is 1. The number of nitrogens with zero attached hydrogens (tertiary/aromatic N) is 3. The SMILES string of the molecule is O[C@H](c1c(C2CC2)ccn2cncc12)[C@H]1CC[C@H](c2ccnc3ccccc32)CC1. The molecule has 152 valence electrons. The molecule has 6 rings (SSSR count). The summed E-state index contributed by atoms with van der Waals surface area (Å²) < 4.78 is 2.05. The lowest BCUT2D eigenvalue weighted by Gasteiger charge is -2.33. The first-order valence-electron chi connectivity index (χ1n) is 11.3. The molecule has 0 aliphatic heterocycles. The highest BCUT2D eigenvalue weighted by atomic mass is 16.3. The van der Waals surface area contributed by atoms with Crippen LogP contribution >= 0.6 is 0 Å². The van der Waals surface area contributed by atoms with Gasteiger partial charge < -0.3 is 9.51 Å². The van der Waals surface area contributed by atoms with Crippen LogP contribution in [0, 0.1) is 5.92 Å². The molecule has 2 aliphatic carbocycles. The van der Waals surface area contributed by atoms with E-state index in [1.807, 2.05) is 18.7 Å². The van der Waals surface area contributed by atoms with E-state index in [1.165, 1.54) is 29.4 Å². The number of hydrogen-bond donors (Lipinski definition) is 1. The zero-order valence-corrected chi connectivity index (χ0v) is 17.1. The summed E-state index contributed by atoms with van der Waals surface area (Å²) in [6.07, 6.45) is 14.2. The number of para-hydroxylation sites is 1. The minimum atomic E-state index is -0.406. The van der Waals surface area contributed by atoms with Gasteiger partial charge in [-0.15, -0.1) is 0 Å². The van der Waals surface area contributed by atoms with Crippen molar-refractivity contribution >= 4 is 16.4 Å². The van der Waals surface area contributed by atoms with Crippen LogP contribution in [0.25, 0.3) is 16.4 Å². The van der Waals surface area contributed by atoms with Crippen LogP contribution in [-0.2, 0) is 0 Å². The Kier molecular flexibility index (Phi) is 4.34. The average molecular weight is 398 g/mol. The quantitative estimate of drug-likeness (QED) is 0.476. The number of aromatic nitrogens is 3. The Hall–Kier alpha value is -2.72. The molecule has 1 atom stereocenters. The molecule has 2 saturated carbocycles. The van der Waals surface area contributed by atoms with Crippen LogP contribution in [0.1, 0.15) is 73.2 Å². The Morgan fingerprint density at radius 2 is 1.67 bits per heavy atom. The molecule has 2 aliphatic rings. The van der Waals surface area contributed by atoms with E-state index in [1.54, 1.807) is 0 Å². The second-order valence-corrected chi connectivity index (χ2v) is 9.12. The predicted octanol–water partition coefficient (Wildman–Crippen LogP) is 5.77. The molecule has 0 unspecified atom stereocenters. The summed E-state index contributed by atoms with van der Waals surface area (Å²) in [5.41, 5.74) is 6.06. The second kappa shape index (κ2) is 7.21. The molecule has 2 fully saturated rings. The van der Waals surface area contributed by atoms with Gasteiger partial charge >= 0.3 is 0 Å². The molecule has 3 heterocycles. The number of imidazole rings is 1. The van der Waals surface area contributed by atoms with Crippen molar-refractivity contribution in [2.75, 3.05) is 0 Å². The summed E-state index contributed by atoms with van der Waals surface area (Å²) in [6, 6.07) is 12.9. The van der Waals surface area contributed by atoms with Crippen LogP contribution in [-0.4, -0.2) is 19.5 Å². The predicted molar refractivity (Wildman–Crippen MR) is 119 cm³/mol. The normalized spacial score (nSPS) is 23.1. The molecule has 0 saturated heterocycles. The van der Waals surface area contributed by atoms with Gasteiger partial charge in [-0.1, -0.05) is 18.2 Å². The van der Waals surface area contributed by atoms with E-state index in [4.69, 9.17) is 0 Å². The minimum absolute atomic E-state index is 0.313. The largest absolute Gasteiger partial charge is 0.388 e. The fourth-order valence-corrected chi connectivity index (χ4v) is 5.56. The first-order valence-corrected chi connectivity index (χ1v) is 11.3. The summed E-state index contributed by atoms with van der Waals surface area (Å²) in [4.78, 5) is 8.86. The highest BCUT2D eigenvalue weighted by Crippen LogP contribution is 2.48. The van der Waals surface area contributed by atoms with Gasteiger partial charge in [-0.05, 0) is 85.6 Å². The summed E-state index contributed by atoms with van der Waals surface area (Å²) in [6.45, 7) is 0. The first kappa shape index (κ1) is 18.1. The summed E-state index contributed by atoms with van der Waals surface area (Å²) in [5, 5.41) is 12.8. The molecule has 0 spiro atoms. The highest BCUT2D eigenvalue weighted by Gasteiger charge is 2.34. The fourth-order valence-electron chi connectivity index (χ4n) is 5.56. The standard InChI is InChI=1S/C26H27N3O/c30-26(25-21(18-5-6-18)12-14-29-16-27-15-24(25)29)19-9-7-17(8-10-19)20-11-13-28-23-4-2-1-3-22(20)23/h1-4,11-19,26,30H,5-10H2/t17-,19-,26-/m0/s1. The van der Waals surface area contributed by atoms with Crippen molar-refractivity contribution in [3.05, 3.63) is 78.0 Å². The van der Waals surface area contributed by atoms with Crippen LogP contribution in [0.4, 0.5) is 0 Å². The smallest absolute Gasteiger partial charge is 0.0992 e. The van der Waals surface area contributed by atoms with Gasteiger partial charge in [0, 0.05) is 23.3 Å². The number of fused-ring (bicyclic) bond motifs is 2. The molecule has 0 radical (unpaired) electrons. The molecule has 4 aromatic rings. The van der Waals surface area contributed by atoms with E-state index < -0.39 is 6.10 Å². The molecule has 0 amide bonds. The number of hydrogen-bond acceptors (Lipinski definition) is 3. The molecule has 1 N–H and O–H groups in total. The molecule has 4 heteroatoms. The van der Waals surface area contributed by atoms with Gasteiger partial charge in [0.1, 0.15) is 0 Å². The number of rotatable bonds is 4. The molecule has 1 aromatic carbocycles. The maximum Gasteiger partial charge on any atom is 0.0992 e. The van der Waals surface area contributed by atoms with E-state index >= 15 is 0 Å². The van der Waals surface area contributed by atoms with Crippen LogP contribution in [0.15, 0.2) is 61.3 Å². The van der Waals surface area contributed by atoms with Gasteiger partial charge in [0.15, 0.2) is 0 Å². The van der Waals surface area contributed by atoms with Gasteiger partial charge in [0.25, 0.3) is 0 Å². The van der Waals surface area contributed by atoms with E-state index in [2.05, 4.69) is 57.0 Å². The lowest BCUT2D eigenvalue weighted by Crippen LogP contribution is -2.21. The average Bonchev–Trinajstić information content (AvgIpc) is 3.54. The first-order chi connectivity index (χ1) is 14.8. The van der Waals surface area contributed by atoms with Crippen molar-refractivity contribution in [3.63, 3.8) is 0 Å². The van der Waals surface area contributed by atoms with Crippen molar-refractivity contribution in [2.45, 2.75) is 56.5 Å². The molecule has 3 aromatic heterocycles. The Labute approximate surface area is 176 Å². The second-order valence-electron chi connectivity index (χ2n) is 9.12. The zero-order valence-electron chi connectivity index (χ0n) is 17.1. The van der Waals surface area contributed by atoms with E-state index in [-0.39, 0.29) is 0 Å². The van der Waals surface area contributed by atoms with E-state index in [0.717, 1.165) is 42.3 Å². The Morgan fingerprint density at radius 3 is 2.50 bits per heavy atom. The third-order valence-electron chi connectivity index (χ3n) is 7.32. The molecule has 30 heavy (non-hydrogen) atoms. The fraction of sp³-hybridized carbons (Fsp3) is 0.385. The summed E-state index contributed by atoms with van der Waals surface area (Å²) in [7, 11) is 0. The number of benzene rings is 1. The Balaban J connectivity index is 1.27. The highest BCUT2D eigenvalue weighted by molar-refractivity contribution is 5.82. The lowest BCUT2D eigenvalue weighted by molar-refractivity contribution is 0.0811. The topological polar surface area (TPSA) is 50.4 Å². The van der Waals surface area contributed by atoms with Gasteiger partial charge in [-0.25, -0.2) is 4.98 Å². The minimum Gasteiger partial charge on any atom is -0.388 e. The van der Waals surface area contributed by atoms with E-state index in [9.17, 15) is 5.11 Å². The third kappa shape index (κ3) is 3.02. The molecular weight excluding hydrogens is 370 g/mol. The van der Waals surface area contributed by atoms with Crippen molar-refractivity contribution in [1.29, 1.82) is 0 Å². The maximum atomic E-state index is 11.5. The lowest BCUT2D eigenvalue weighted by atomic mass is 9.74. The summed E-state index contributed by atoms with van der Waals surface area (Å²) >= 11 is 0. The van der Waals surface area contributed by atoms with E-state index in [0.29, 0.717) is 17.8 Å². The van der Waals surface area contributed by atoms with Gasteiger partial charge in [-0.2, -0.15) is 0 Å². The van der Waals surface area contributed by atoms with Gasteiger partial charge in [0.2, 0.25) is 0 Å². The maximum absolute atomic E-state index is 11.5. The Morgan fingerprint density at radius 1 is 0.900 bits per heavy atom. The molecule has 4 nitrogen and oxygen atoms in total. The summed E-state index contributed by atoms with van der Waals surface area (Å²) in [5.74, 6) is 1.48. The monoisotopic (exact) mass is 397 g/mol. The van der Waals surface area contributed by atoms with Crippen molar-refractivity contribution in [1.82, 2.24) is 14.4 Å². The van der Waals surface area contributed by atoms with Crippen molar-refractivity contribution < 1.29 is 5.11 Å². The zero-order chi connectivity index (χ0) is 20.1. The van der Waals surface area contributed by atoms with Crippen LogP contribution in [0.5, 0.6) is 0 Å². The Bertz CT molecular complexity index is 1200. The van der Waals surface area contributed by atoms with Gasteiger partial charge in [-0.3, -0.25) is 4.98 Å².